The number of carbonyl (C=O) groups is 1. The van der Waals surface area contributed by atoms with Crippen molar-refractivity contribution in [2.45, 2.75) is 26.3 Å². The molecule has 0 N–H and O–H groups in total. The summed E-state index contributed by atoms with van der Waals surface area (Å²) in [4.78, 5) is 20.9. The molecule has 1 fully saturated rings. The number of benzene rings is 1. The molecule has 1 saturated heterocycles. The van der Waals surface area contributed by atoms with Crippen molar-refractivity contribution in [1.82, 2.24) is 19.4 Å². The van der Waals surface area contributed by atoms with E-state index in [0.29, 0.717) is 12.3 Å². The molecule has 1 aliphatic heterocycles. The molecule has 5 heteroatoms. The minimum Gasteiger partial charge on any atom is -0.340 e. The number of nitrogens with zero attached hydrogens (tertiary/aromatic N) is 4. The Labute approximate surface area is 143 Å². The first-order chi connectivity index (χ1) is 11.8. The average molecular weight is 326 g/mol. The van der Waals surface area contributed by atoms with Gasteiger partial charge in [0.15, 0.2) is 0 Å². The van der Waals surface area contributed by atoms with Gasteiger partial charge in [-0.05, 0) is 6.42 Å². The fourth-order valence-corrected chi connectivity index (χ4v) is 3.18. The summed E-state index contributed by atoms with van der Waals surface area (Å²) in [5.74, 6) is 1.32. The zero-order chi connectivity index (χ0) is 16.8. The molecule has 0 radical (unpaired) electrons. The van der Waals surface area contributed by atoms with Gasteiger partial charge in [0.1, 0.15) is 5.82 Å². The Kier molecular flexibility index (Phi) is 5.64. The first-order valence-electron chi connectivity index (χ1n) is 8.84. The van der Waals surface area contributed by atoms with Crippen LogP contribution in [0.5, 0.6) is 0 Å². The summed E-state index contributed by atoms with van der Waals surface area (Å²) in [6.07, 6.45) is 5.52. The molecule has 0 spiro atoms. The summed E-state index contributed by atoms with van der Waals surface area (Å²) >= 11 is 0. The van der Waals surface area contributed by atoms with E-state index in [9.17, 15) is 4.79 Å². The van der Waals surface area contributed by atoms with E-state index in [1.54, 1.807) is 0 Å². The zero-order valence-corrected chi connectivity index (χ0v) is 14.4. The van der Waals surface area contributed by atoms with Gasteiger partial charge < -0.3 is 9.47 Å². The van der Waals surface area contributed by atoms with Crippen LogP contribution in [-0.4, -0.2) is 58.0 Å². The zero-order valence-electron chi connectivity index (χ0n) is 14.4. The molecule has 0 unspecified atom stereocenters. The van der Waals surface area contributed by atoms with Crippen molar-refractivity contribution in [1.29, 1.82) is 0 Å². The lowest BCUT2D eigenvalue weighted by Gasteiger charge is -2.34. The van der Waals surface area contributed by atoms with Gasteiger partial charge in [-0.25, -0.2) is 4.98 Å². The molecular weight excluding hydrogens is 300 g/mol. The number of piperazine rings is 1. The lowest BCUT2D eigenvalue weighted by molar-refractivity contribution is -0.133. The summed E-state index contributed by atoms with van der Waals surface area (Å²) in [5.41, 5.74) is 1.15. The van der Waals surface area contributed by atoms with Gasteiger partial charge in [0, 0.05) is 63.6 Å². The monoisotopic (exact) mass is 326 g/mol. The molecule has 0 atom stereocenters. The van der Waals surface area contributed by atoms with Crippen molar-refractivity contribution >= 4 is 5.91 Å². The van der Waals surface area contributed by atoms with Gasteiger partial charge in [0.2, 0.25) is 5.91 Å². The van der Waals surface area contributed by atoms with Gasteiger partial charge in [-0.3, -0.25) is 9.69 Å². The Balaban J connectivity index is 1.51. The molecular formula is C19H26N4O. The predicted octanol–water partition coefficient (Wildman–Crippen LogP) is 2.49. The molecule has 0 aliphatic carbocycles. The molecule has 1 aromatic carbocycles. The van der Waals surface area contributed by atoms with Crippen LogP contribution in [0.15, 0.2) is 42.7 Å². The minimum absolute atomic E-state index is 0.304. The molecule has 2 heterocycles. The molecule has 1 aromatic heterocycles. The molecule has 2 aromatic rings. The van der Waals surface area contributed by atoms with Crippen LogP contribution in [0.4, 0.5) is 0 Å². The van der Waals surface area contributed by atoms with Crippen LogP contribution < -0.4 is 0 Å². The summed E-state index contributed by atoms with van der Waals surface area (Å²) < 4.78 is 2.21. The van der Waals surface area contributed by atoms with Crippen LogP contribution >= 0.6 is 0 Å². The maximum absolute atomic E-state index is 11.9. The molecule has 5 nitrogen and oxygen atoms in total. The first kappa shape index (κ1) is 16.7. The Morgan fingerprint density at radius 1 is 1.08 bits per heavy atom. The highest BCUT2D eigenvalue weighted by Crippen LogP contribution is 2.16. The molecule has 1 aliphatic rings. The largest absolute Gasteiger partial charge is 0.340 e. The van der Waals surface area contributed by atoms with Crippen molar-refractivity contribution in [3.05, 3.63) is 42.7 Å². The van der Waals surface area contributed by atoms with Crippen molar-refractivity contribution in [2.24, 2.45) is 0 Å². The number of carbonyl (C=O) groups excluding carboxylic acids is 1. The maximum Gasteiger partial charge on any atom is 0.222 e. The second kappa shape index (κ2) is 8.11. The number of aromatic nitrogens is 2. The van der Waals surface area contributed by atoms with Gasteiger partial charge in [-0.2, -0.15) is 0 Å². The van der Waals surface area contributed by atoms with E-state index in [4.69, 9.17) is 0 Å². The molecule has 3 rings (SSSR count). The van der Waals surface area contributed by atoms with E-state index < -0.39 is 0 Å². The number of imidazole rings is 1. The lowest BCUT2D eigenvalue weighted by atomic mass is 10.2. The number of hydrogen-bond donors (Lipinski definition) is 0. The minimum atomic E-state index is 0.304. The summed E-state index contributed by atoms with van der Waals surface area (Å²) in [6, 6.07) is 10.3. The smallest absolute Gasteiger partial charge is 0.222 e. The molecule has 24 heavy (non-hydrogen) atoms. The number of amides is 1. The third kappa shape index (κ3) is 4.03. The fourth-order valence-electron chi connectivity index (χ4n) is 3.18. The van der Waals surface area contributed by atoms with Crippen molar-refractivity contribution in [3.8, 4) is 11.4 Å². The molecule has 1 amide bonds. The van der Waals surface area contributed by atoms with E-state index in [-0.39, 0.29) is 0 Å². The Morgan fingerprint density at radius 2 is 1.83 bits per heavy atom. The SMILES string of the molecule is CCCC(=O)N1CCN(CCn2ccnc2-c2ccccc2)CC1. The fraction of sp³-hybridized carbons (Fsp3) is 0.474. The summed E-state index contributed by atoms with van der Waals surface area (Å²) in [5, 5.41) is 0. The Bertz CT molecular complexity index is 644. The normalized spacial score (nSPS) is 15.6. The standard InChI is InChI=1S/C19H26N4O/c1-2-6-18(24)22-14-11-21(12-15-22)13-16-23-10-9-20-19(23)17-7-4-3-5-8-17/h3-5,7-10H,2,6,11-16H2,1H3. The third-order valence-corrected chi connectivity index (χ3v) is 4.59. The third-order valence-electron chi connectivity index (χ3n) is 4.59. The van der Waals surface area contributed by atoms with Crippen molar-refractivity contribution in [3.63, 3.8) is 0 Å². The van der Waals surface area contributed by atoms with Gasteiger partial charge in [-0.15, -0.1) is 0 Å². The van der Waals surface area contributed by atoms with Crippen LogP contribution in [0.3, 0.4) is 0 Å². The Hall–Kier alpha value is -2.14. The van der Waals surface area contributed by atoms with Crippen LogP contribution in [0.25, 0.3) is 11.4 Å². The predicted molar refractivity (Wildman–Crippen MR) is 95.6 cm³/mol. The van der Waals surface area contributed by atoms with E-state index >= 15 is 0 Å². The highest BCUT2D eigenvalue weighted by molar-refractivity contribution is 5.76. The molecule has 0 saturated carbocycles. The van der Waals surface area contributed by atoms with Gasteiger partial charge >= 0.3 is 0 Å². The topological polar surface area (TPSA) is 41.4 Å². The van der Waals surface area contributed by atoms with E-state index in [0.717, 1.165) is 57.1 Å². The van der Waals surface area contributed by atoms with Gasteiger partial charge in [0.05, 0.1) is 0 Å². The van der Waals surface area contributed by atoms with E-state index in [1.165, 1.54) is 0 Å². The van der Waals surface area contributed by atoms with Crippen LogP contribution in [0.1, 0.15) is 19.8 Å². The van der Waals surface area contributed by atoms with Gasteiger partial charge in [0.25, 0.3) is 0 Å². The number of hydrogen-bond acceptors (Lipinski definition) is 3. The summed E-state index contributed by atoms with van der Waals surface area (Å²) in [7, 11) is 0. The van der Waals surface area contributed by atoms with Gasteiger partial charge in [-0.1, -0.05) is 37.3 Å². The maximum atomic E-state index is 11.9. The lowest BCUT2D eigenvalue weighted by Crippen LogP contribution is -2.49. The van der Waals surface area contributed by atoms with Crippen LogP contribution in [0, 0.1) is 0 Å². The van der Waals surface area contributed by atoms with E-state index in [2.05, 4.69) is 33.5 Å². The second-order valence-corrected chi connectivity index (χ2v) is 6.28. The molecule has 128 valence electrons. The van der Waals surface area contributed by atoms with Crippen molar-refractivity contribution < 1.29 is 4.79 Å². The highest BCUT2D eigenvalue weighted by atomic mass is 16.2. The van der Waals surface area contributed by atoms with E-state index in [1.807, 2.05) is 35.5 Å². The second-order valence-electron chi connectivity index (χ2n) is 6.28. The highest BCUT2D eigenvalue weighted by Gasteiger charge is 2.20. The average Bonchev–Trinajstić information content (AvgIpc) is 3.10. The summed E-state index contributed by atoms with van der Waals surface area (Å²) in [6.45, 7) is 7.61. The van der Waals surface area contributed by atoms with Crippen LogP contribution in [0.2, 0.25) is 0 Å². The number of rotatable bonds is 6. The van der Waals surface area contributed by atoms with Crippen molar-refractivity contribution in [2.75, 3.05) is 32.7 Å². The first-order valence-corrected chi connectivity index (χ1v) is 8.84. The quantitative estimate of drug-likeness (QED) is 0.819. The van der Waals surface area contributed by atoms with Crippen LogP contribution in [-0.2, 0) is 11.3 Å². The molecule has 0 bridgehead atoms. The Morgan fingerprint density at radius 3 is 2.54 bits per heavy atom.